The van der Waals surface area contributed by atoms with Crippen LogP contribution in [0.5, 0.6) is 0 Å². The van der Waals surface area contributed by atoms with E-state index in [1.165, 1.54) is 0 Å². The van der Waals surface area contributed by atoms with Gasteiger partial charge in [-0.05, 0) is 48.2 Å². The van der Waals surface area contributed by atoms with Gasteiger partial charge in [0.25, 0.3) is 20.3 Å². The van der Waals surface area contributed by atoms with E-state index in [1.54, 1.807) is 24.3 Å². The number of aryl methyl sites for hydroxylation is 2. The average molecular weight is 451 g/mol. The molecule has 10 heteroatoms. The number of hydrogen-bond acceptors (Lipinski definition) is 6. The van der Waals surface area contributed by atoms with Gasteiger partial charge in [-0.1, -0.05) is 55.0 Å². The zero-order valence-corrected chi connectivity index (χ0v) is 18.2. The largest absolute Gasteiger partial charge is 0.296 e. The summed E-state index contributed by atoms with van der Waals surface area (Å²) in [6, 6.07) is 12.0. The fraction of sp³-hybridized carbons (Fsp3) is 0.211. The molecule has 29 heavy (non-hydrogen) atoms. The number of nitrogens with one attached hydrogen (secondary N) is 2. The van der Waals surface area contributed by atoms with Crippen LogP contribution in [0.2, 0.25) is 5.02 Å². The van der Waals surface area contributed by atoms with E-state index in [0.29, 0.717) is 29.1 Å². The highest BCUT2D eigenvalue weighted by Gasteiger charge is 2.23. The van der Waals surface area contributed by atoms with Gasteiger partial charge in [-0.2, -0.15) is 8.42 Å². The molecule has 152 valence electrons. The van der Waals surface area contributed by atoms with Crippen molar-refractivity contribution in [3.63, 3.8) is 0 Å². The zero-order chi connectivity index (χ0) is 21.0. The third kappa shape index (κ3) is 4.92. The van der Waals surface area contributed by atoms with Crippen molar-refractivity contribution in [2.24, 2.45) is 0 Å². The number of carbonyl (C=O) groups excluding carboxylic acids is 1. The van der Waals surface area contributed by atoms with E-state index in [9.17, 15) is 13.2 Å². The van der Waals surface area contributed by atoms with Gasteiger partial charge in [-0.15, -0.1) is 10.2 Å². The number of nitrogens with zero attached hydrogens (tertiary/aromatic N) is 2. The van der Waals surface area contributed by atoms with Gasteiger partial charge in [0.05, 0.1) is 5.69 Å². The van der Waals surface area contributed by atoms with Crippen molar-refractivity contribution in [1.82, 2.24) is 10.2 Å². The first-order valence-electron chi connectivity index (χ1n) is 8.88. The van der Waals surface area contributed by atoms with Crippen LogP contribution in [0.15, 0.2) is 46.8 Å². The molecule has 0 saturated carbocycles. The summed E-state index contributed by atoms with van der Waals surface area (Å²) < 4.78 is 28.0. The summed E-state index contributed by atoms with van der Waals surface area (Å²) in [5.41, 5.74) is 2.73. The first-order valence-corrected chi connectivity index (χ1v) is 11.6. The van der Waals surface area contributed by atoms with Crippen LogP contribution >= 0.6 is 22.9 Å². The Hall–Kier alpha value is -2.49. The third-order valence-corrected chi connectivity index (χ3v) is 7.01. The molecular weight excluding hydrogens is 432 g/mol. The van der Waals surface area contributed by atoms with Crippen molar-refractivity contribution < 1.29 is 13.2 Å². The molecule has 0 aliphatic carbocycles. The summed E-state index contributed by atoms with van der Waals surface area (Å²) in [6.45, 7) is 3.92. The number of hydrogen-bond donors (Lipinski definition) is 2. The average Bonchev–Trinajstić information content (AvgIpc) is 3.18. The van der Waals surface area contributed by atoms with Gasteiger partial charge in [0, 0.05) is 10.6 Å². The Morgan fingerprint density at radius 1 is 1.03 bits per heavy atom. The summed E-state index contributed by atoms with van der Waals surface area (Å²) in [7, 11) is -3.94. The lowest BCUT2D eigenvalue weighted by Gasteiger charge is -2.14. The summed E-state index contributed by atoms with van der Waals surface area (Å²) in [6.07, 6.45) is 1.37. The van der Waals surface area contributed by atoms with Crippen LogP contribution in [-0.4, -0.2) is 24.5 Å². The molecule has 0 radical (unpaired) electrons. The Labute approximate surface area is 178 Å². The van der Waals surface area contributed by atoms with E-state index in [0.717, 1.165) is 22.5 Å². The summed E-state index contributed by atoms with van der Waals surface area (Å²) >= 11 is 6.60. The minimum absolute atomic E-state index is 0.0878. The number of sulfonamides is 1. The molecule has 3 rings (SSSR count). The van der Waals surface area contributed by atoms with Gasteiger partial charge >= 0.3 is 0 Å². The molecule has 1 aromatic heterocycles. The molecule has 2 aromatic carbocycles. The molecule has 7 nitrogen and oxygen atoms in total. The molecule has 0 atom stereocenters. The Kier molecular flexibility index (Phi) is 6.51. The van der Waals surface area contributed by atoms with Crippen LogP contribution in [0, 0.1) is 0 Å². The SMILES string of the molecule is CCc1cccc(CC)c1NS(=O)(=O)c1nnc(NC(=O)c2ccc(Cl)cc2)s1. The number of para-hydroxylation sites is 1. The van der Waals surface area contributed by atoms with E-state index in [4.69, 9.17) is 11.6 Å². The van der Waals surface area contributed by atoms with E-state index >= 15 is 0 Å². The van der Waals surface area contributed by atoms with Crippen LogP contribution in [0.3, 0.4) is 0 Å². The Balaban J connectivity index is 1.81. The fourth-order valence-electron chi connectivity index (χ4n) is 2.69. The number of anilines is 2. The number of aromatic nitrogens is 2. The summed E-state index contributed by atoms with van der Waals surface area (Å²) in [5.74, 6) is -0.431. The molecule has 0 aliphatic heterocycles. The van der Waals surface area contributed by atoms with Crippen molar-refractivity contribution in [3.05, 3.63) is 64.2 Å². The number of amides is 1. The lowest BCUT2D eigenvalue weighted by molar-refractivity contribution is 0.102. The van der Waals surface area contributed by atoms with Crippen molar-refractivity contribution >= 4 is 49.7 Å². The van der Waals surface area contributed by atoms with E-state index in [1.807, 2.05) is 32.0 Å². The standard InChI is InChI=1S/C19H19ClN4O3S2/c1-3-12-6-5-7-13(4-2)16(12)24-29(26,27)19-23-22-18(28-19)21-17(25)14-8-10-15(20)11-9-14/h5-11,24H,3-4H2,1-2H3,(H,21,22,25). The monoisotopic (exact) mass is 450 g/mol. The minimum Gasteiger partial charge on any atom is -0.296 e. The Morgan fingerprint density at radius 3 is 2.24 bits per heavy atom. The van der Waals surface area contributed by atoms with Gasteiger partial charge in [0.1, 0.15) is 0 Å². The molecule has 1 heterocycles. The van der Waals surface area contributed by atoms with Crippen molar-refractivity contribution in [2.75, 3.05) is 10.0 Å². The summed E-state index contributed by atoms with van der Waals surface area (Å²) in [5, 5.41) is 10.7. The molecule has 2 N–H and O–H groups in total. The third-order valence-electron chi connectivity index (χ3n) is 4.20. The van der Waals surface area contributed by atoms with E-state index in [-0.39, 0.29) is 9.47 Å². The quantitative estimate of drug-likeness (QED) is 0.520. The predicted molar refractivity (Wildman–Crippen MR) is 115 cm³/mol. The second-order valence-electron chi connectivity index (χ2n) is 6.10. The molecule has 3 aromatic rings. The normalized spacial score (nSPS) is 11.3. The van der Waals surface area contributed by atoms with Gasteiger partial charge < -0.3 is 0 Å². The maximum atomic E-state index is 12.8. The maximum absolute atomic E-state index is 12.8. The Bertz CT molecular complexity index is 1110. The van der Waals surface area contributed by atoms with Gasteiger partial charge in [0.2, 0.25) is 5.13 Å². The number of halogens is 1. The lowest BCUT2D eigenvalue weighted by Crippen LogP contribution is -2.15. The fourth-order valence-corrected chi connectivity index (χ4v) is 4.86. The zero-order valence-electron chi connectivity index (χ0n) is 15.8. The van der Waals surface area contributed by atoms with Gasteiger partial charge in [-0.25, -0.2) is 0 Å². The number of carbonyl (C=O) groups is 1. The van der Waals surface area contributed by atoms with Gasteiger partial charge in [-0.3, -0.25) is 14.8 Å². The molecule has 0 fully saturated rings. The highest BCUT2D eigenvalue weighted by Crippen LogP contribution is 2.28. The maximum Gasteiger partial charge on any atom is 0.291 e. The lowest BCUT2D eigenvalue weighted by atomic mass is 10.0. The van der Waals surface area contributed by atoms with Crippen molar-refractivity contribution in [3.8, 4) is 0 Å². The molecule has 0 spiro atoms. The second kappa shape index (κ2) is 8.89. The Morgan fingerprint density at radius 2 is 1.66 bits per heavy atom. The van der Waals surface area contributed by atoms with Crippen LogP contribution in [0.25, 0.3) is 0 Å². The van der Waals surface area contributed by atoms with Crippen LogP contribution in [-0.2, 0) is 22.9 Å². The molecule has 0 unspecified atom stereocenters. The highest BCUT2D eigenvalue weighted by molar-refractivity contribution is 7.94. The number of benzene rings is 2. The highest BCUT2D eigenvalue weighted by atomic mass is 35.5. The predicted octanol–water partition coefficient (Wildman–Crippen LogP) is 4.37. The van der Waals surface area contributed by atoms with Crippen LogP contribution < -0.4 is 10.0 Å². The van der Waals surface area contributed by atoms with Crippen LogP contribution in [0.4, 0.5) is 10.8 Å². The van der Waals surface area contributed by atoms with E-state index < -0.39 is 15.9 Å². The molecule has 0 bridgehead atoms. The second-order valence-corrected chi connectivity index (χ2v) is 9.37. The molecular formula is C19H19ClN4O3S2. The first-order chi connectivity index (χ1) is 13.8. The molecule has 0 aliphatic rings. The van der Waals surface area contributed by atoms with Crippen molar-refractivity contribution in [2.45, 2.75) is 31.0 Å². The van der Waals surface area contributed by atoms with E-state index in [2.05, 4.69) is 20.2 Å². The topological polar surface area (TPSA) is 101 Å². The van der Waals surface area contributed by atoms with Gasteiger partial charge in [0.15, 0.2) is 0 Å². The number of rotatable bonds is 7. The molecule has 0 saturated heterocycles. The van der Waals surface area contributed by atoms with Crippen molar-refractivity contribution in [1.29, 1.82) is 0 Å². The summed E-state index contributed by atoms with van der Waals surface area (Å²) in [4.78, 5) is 12.3. The van der Waals surface area contributed by atoms with Crippen LogP contribution in [0.1, 0.15) is 35.3 Å². The smallest absolute Gasteiger partial charge is 0.291 e. The molecule has 1 amide bonds. The first kappa shape index (κ1) is 21.2. The minimum atomic E-state index is -3.94.